The minimum atomic E-state index is -3.56. The standard InChI is InChI=1S/C12H11FN2O2S2/c1-2-7-15-19(16,17)11-8-14-12(18-11)9-3-5-10(13)6-4-9/h2-6,8,15H,1,7H2. The van der Waals surface area contributed by atoms with Gasteiger partial charge in [0, 0.05) is 12.1 Å². The van der Waals surface area contributed by atoms with Crippen molar-refractivity contribution >= 4 is 21.4 Å². The predicted octanol–water partition coefficient (Wildman–Crippen LogP) is 2.41. The zero-order chi connectivity index (χ0) is 13.9. The SMILES string of the molecule is C=CCNS(=O)(=O)c1cnc(-c2ccc(F)cc2)s1. The van der Waals surface area contributed by atoms with Crippen molar-refractivity contribution in [3.63, 3.8) is 0 Å². The van der Waals surface area contributed by atoms with Crippen molar-refractivity contribution in [3.05, 3.63) is 48.9 Å². The van der Waals surface area contributed by atoms with Crippen molar-refractivity contribution < 1.29 is 12.8 Å². The molecule has 1 aromatic carbocycles. The lowest BCUT2D eigenvalue weighted by atomic mass is 10.2. The number of nitrogens with zero attached hydrogens (tertiary/aromatic N) is 1. The second-order valence-electron chi connectivity index (χ2n) is 3.63. The molecule has 2 aromatic rings. The van der Waals surface area contributed by atoms with Crippen LogP contribution in [0.25, 0.3) is 10.6 Å². The second-order valence-corrected chi connectivity index (χ2v) is 6.66. The summed E-state index contributed by atoms with van der Waals surface area (Å²) in [5.41, 5.74) is 0.677. The molecule has 4 nitrogen and oxygen atoms in total. The van der Waals surface area contributed by atoms with Crippen molar-refractivity contribution in [3.8, 4) is 10.6 Å². The maximum absolute atomic E-state index is 12.8. The van der Waals surface area contributed by atoms with E-state index in [0.29, 0.717) is 10.6 Å². The summed E-state index contributed by atoms with van der Waals surface area (Å²) in [7, 11) is -3.56. The number of benzene rings is 1. The minimum Gasteiger partial charge on any atom is -0.243 e. The predicted molar refractivity (Wildman–Crippen MR) is 72.9 cm³/mol. The summed E-state index contributed by atoms with van der Waals surface area (Å²) in [4.78, 5) is 4.04. The van der Waals surface area contributed by atoms with Gasteiger partial charge >= 0.3 is 0 Å². The van der Waals surface area contributed by atoms with Gasteiger partial charge in [-0.25, -0.2) is 22.5 Å². The molecule has 0 aliphatic heterocycles. The molecule has 0 aliphatic rings. The molecule has 100 valence electrons. The Morgan fingerprint density at radius 1 is 1.37 bits per heavy atom. The molecule has 0 fully saturated rings. The van der Waals surface area contributed by atoms with E-state index in [9.17, 15) is 12.8 Å². The van der Waals surface area contributed by atoms with Crippen LogP contribution in [0.4, 0.5) is 4.39 Å². The molecule has 0 unspecified atom stereocenters. The highest BCUT2D eigenvalue weighted by Crippen LogP contribution is 2.27. The summed E-state index contributed by atoms with van der Waals surface area (Å²) in [6.45, 7) is 3.60. The monoisotopic (exact) mass is 298 g/mol. The first-order chi connectivity index (χ1) is 9.03. The summed E-state index contributed by atoms with van der Waals surface area (Å²) < 4.78 is 39.0. The molecule has 1 heterocycles. The van der Waals surface area contributed by atoms with Crippen molar-refractivity contribution in [1.29, 1.82) is 0 Å². The molecular weight excluding hydrogens is 287 g/mol. The number of nitrogens with one attached hydrogen (secondary N) is 1. The molecule has 0 aliphatic carbocycles. The average molecular weight is 298 g/mol. The molecule has 1 aromatic heterocycles. The highest BCUT2D eigenvalue weighted by molar-refractivity contribution is 7.91. The van der Waals surface area contributed by atoms with Gasteiger partial charge in [-0.1, -0.05) is 6.08 Å². The molecule has 0 spiro atoms. The Hall–Kier alpha value is -1.57. The molecule has 0 saturated carbocycles. The van der Waals surface area contributed by atoms with Crippen molar-refractivity contribution in [2.45, 2.75) is 4.21 Å². The number of aromatic nitrogens is 1. The quantitative estimate of drug-likeness (QED) is 0.862. The molecule has 0 atom stereocenters. The van der Waals surface area contributed by atoms with E-state index in [2.05, 4.69) is 16.3 Å². The maximum atomic E-state index is 12.8. The Labute approximate surface area is 114 Å². The van der Waals surface area contributed by atoms with Crippen LogP contribution in [0, 0.1) is 5.82 Å². The molecule has 7 heteroatoms. The number of rotatable bonds is 5. The number of hydrogen-bond acceptors (Lipinski definition) is 4. The Morgan fingerprint density at radius 2 is 2.05 bits per heavy atom. The van der Waals surface area contributed by atoms with Gasteiger partial charge in [-0.15, -0.1) is 17.9 Å². The van der Waals surface area contributed by atoms with Gasteiger partial charge in [0.25, 0.3) is 10.0 Å². The Balaban J connectivity index is 2.28. The molecule has 2 rings (SSSR count). The molecule has 0 amide bonds. The molecule has 1 N–H and O–H groups in total. The van der Waals surface area contributed by atoms with E-state index < -0.39 is 10.0 Å². The first-order valence-electron chi connectivity index (χ1n) is 5.35. The molecular formula is C12H11FN2O2S2. The third kappa shape index (κ3) is 3.25. The van der Waals surface area contributed by atoms with E-state index in [0.717, 1.165) is 11.3 Å². The number of sulfonamides is 1. The van der Waals surface area contributed by atoms with Crippen LogP contribution in [0.2, 0.25) is 0 Å². The Morgan fingerprint density at radius 3 is 2.68 bits per heavy atom. The topological polar surface area (TPSA) is 59.1 Å². The summed E-state index contributed by atoms with van der Waals surface area (Å²) in [5, 5.41) is 0.527. The van der Waals surface area contributed by atoms with Crippen molar-refractivity contribution in [2.24, 2.45) is 0 Å². The van der Waals surface area contributed by atoms with E-state index >= 15 is 0 Å². The fraction of sp³-hybridized carbons (Fsp3) is 0.0833. The number of hydrogen-bond donors (Lipinski definition) is 1. The highest BCUT2D eigenvalue weighted by Gasteiger charge is 2.17. The Kier molecular flexibility index (Phi) is 4.08. The highest BCUT2D eigenvalue weighted by atomic mass is 32.2. The van der Waals surface area contributed by atoms with Gasteiger partial charge in [-0.05, 0) is 24.3 Å². The lowest BCUT2D eigenvalue weighted by Gasteiger charge is -1.99. The third-order valence-corrected chi connectivity index (χ3v) is 5.19. The van der Waals surface area contributed by atoms with Crippen LogP contribution in [0.15, 0.2) is 47.3 Å². The van der Waals surface area contributed by atoms with Gasteiger partial charge in [0.15, 0.2) is 4.21 Å². The smallest absolute Gasteiger partial charge is 0.243 e. The number of halogens is 1. The lowest BCUT2D eigenvalue weighted by Crippen LogP contribution is -2.22. The first kappa shape index (κ1) is 13.9. The number of thiazole rings is 1. The van der Waals surface area contributed by atoms with Crippen LogP contribution in [0.1, 0.15) is 0 Å². The van der Waals surface area contributed by atoms with Gasteiger partial charge in [-0.2, -0.15) is 0 Å². The van der Waals surface area contributed by atoms with Crippen molar-refractivity contribution in [1.82, 2.24) is 9.71 Å². The summed E-state index contributed by atoms with van der Waals surface area (Å²) in [5.74, 6) is -0.346. The van der Waals surface area contributed by atoms with Crippen LogP contribution in [0.5, 0.6) is 0 Å². The van der Waals surface area contributed by atoms with E-state index in [1.807, 2.05) is 0 Å². The van der Waals surface area contributed by atoms with E-state index in [-0.39, 0.29) is 16.6 Å². The molecule has 0 bridgehead atoms. The van der Waals surface area contributed by atoms with Crippen LogP contribution in [0.3, 0.4) is 0 Å². The van der Waals surface area contributed by atoms with Crippen LogP contribution in [-0.2, 0) is 10.0 Å². The average Bonchev–Trinajstić information content (AvgIpc) is 2.88. The van der Waals surface area contributed by atoms with E-state index in [1.54, 1.807) is 12.1 Å². The maximum Gasteiger partial charge on any atom is 0.251 e. The minimum absolute atomic E-state index is 0.119. The first-order valence-corrected chi connectivity index (χ1v) is 7.65. The second kappa shape index (κ2) is 5.60. The lowest BCUT2D eigenvalue weighted by molar-refractivity contribution is 0.587. The van der Waals surface area contributed by atoms with Gasteiger partial charge in [-0.3, -0.25) is 0 Å². The largest absolute Gasteiger partial charge is 0.251 e. The fourth-order valence-electron chi connectivity index (χ4n) is 1.35. The zero-order valence-corrected chi connectivity index (χ0v) is 11.5. The normalized spacial score (nSPS) is 11.4. The van der Waals surface area contributed by atoms with Gasteiger partial charge in [0.1, 0.15) is 10.8 Å². The molecule has 19 heavy (non-hydrogen) atoms. The zero-order valence-electron chi connectivity index (χ0n) is 9.84. The summed E-state index contributed by atoms with van der Waals surface area (Å²) in [6.07, 6.45) is 2.74. The van der Waals surface area contributed by atoms with Crippen LogP contribution in [-0.4, -0.2) is 19.9 Å². The summed E-state index contributed by atoms with van der Waals surface area (Å²) in [6, 6.07) is 5.73. The van der Waals surface area contributed by atoms with Crippen LogP contribution < -0.4 is 4.72 Å². The molecule has 0 saturated heterocycles. The van der Waals surface area contributed by atoms with E-state index in [1.165, 1.54) is 24.4 Å². The van der Waals surface area contributed by atoms with Crippen LogP contribution >= 0.6 is 11.3 Å². The summed E-state index contributed by atoms with van der Waals surface area (Å²) >= 11 is 1.03. The Bertz CT molecular complexity index is 678. The van der Waals surface area contributed by atoms with Gasteiger partial charge in [0.2, 0.25) is 0 Å². The molecule has 0 radical (unpaired) electrons. The third-order valence-electron chi connectivity index (χ3n) is 2.26. The van der Waals surface area contributed by atoms with E-state index in [4.69, 9.17) is 0 Å². The van der Waals surface area contributed by atoms with Gasteiger partial charge < -0.3 is 0 Å². The van der Waals surface area contributed by atoms with Crippen molar-refractivity contribution in [2.75, 3.05) is 6.54 Å². The van der Waals surface area contributed by atoms with Gasteiger partial charge in [0.05, 0.1) is 6.20 Å². The fourth-order valence-corrected chi connectivity index (χ4v) is 3.53.